The molecule has 0 heterocycles. The number of carboxylic acid groups (broad SMARTS) is 2. The van der Waals surface area contributed by atoms with Crippen LogP contribution in [-0.4, -0.2) is 16.4 Å². The molecule has 0 aliphatic carbocycles. The lowest BCUT2D eigenvalue weighted by Gasteiger charge is -2.02. The predicted octanol–water partition coefficient (Wildman–Crippen LogP) is 3.11. The van der Waals surface area contributed by atoms with Crippen LogP contribution in [0.2, 0.25) is 0 Å². The van der Waals surface area contributed by atoms with E-state index in [1.807, 2.05) is 0 Å². The Bertz CT molecular complexity index is 250. The Morgan fingerprint density at radius 1 is 1.21 bits per heavy atom. The molecular formula is C11H16O3. The fourth-order valence-corrected chi connectivity index (χ4v) is 1.09. The van der Waals surface area contributed by atoms with E-state index in [4.69, 9.17) is 15.0 Å². The van der Waals surface area contributed by atoms with Crippen molar-refractivity contribution in [3.05, 3.63) is 35.9 Å². The molecular weight excluding hydrogens is 180 g/mol. The third-order valence-corrected chi connectivity index (χ3v) is 1.49. The van der Waals surface area contributed by atoms with Crippen molar-refractivity contribution in [2.24, 2.45) is 5.92 Å². The smallest absolute Gasteiger partial charge is 0.450 e. The third-order valence-electron chi connectivity index (χ3n) is 1.49. The van der Waals surface area contributed by atoms with Gasteiger partial charge in [-0.3, -0.25) is 0 Å². The first-order chi connectivity index (χ1) is 6.52. The van der Waals surface area contributed by atoms with Crippen LogP contribution >= 0.6 is 0 Å². The number of benzene rings is 1. The summed E-state index contributed by atoms with van der Waals surface area (Å²) in [5, 5.41) is 13.9. The molecule has 0 bridgehead atoms. The Morgan fingerprint density at radius 3 is 2.00 bits per heavy atom. The minimum Gasteiger partial charge on any atom is -0.450 e. The van der Waals surface area contributed by atoms with Crippen molar-refractivity contribution in [3.8, 4) is 0 Å². The molecule has 0 fully saturated rings. The zero-order valence-corrected chi connectivity index (χ0v) is 8.47. The van der Waals surface area contributed by atoms with Crippen LogP contribution in [0.15, 0.2) is 30.3 Å². The number of hydrogen-bond donors (Lipinski definition) is 2. The van der Waals surface area contributed by atoms with Gasteiger partial charge in [-0.15, -0.1) is 0 Å². The maximum absolute atomic E-state index is 8.56. The van der Waals surface area contributed by atoms with Crippen LogP contribution in [-0.2, 0) is 6.42 Å². The van der Waals surface area contributed by atoms with E-state index in [0.29, 0.717) is 0 Å². The molecule has 3 nitrogen and oxygen atoms in total. The van der Waals surface area contributed by atoms with Crippen molar-refractivity contribution in [3.63, 3.8) is 0 Å². The normalized spacial score (nSPS) is 9.07. The van der Waals surface area contributed by atoms with Crippen LogP contribution in [0.1, 0.15) is 19.4 Å². The second-order valence-electron chi connectivity index (χ2n) is 3.37. The predicted molar refractivity (Wildman–Crippen MR) is 55.6 cm³/mol. The molecule has 2 N–H and O–H groups in total. The van der Waals surface area contributed by atoms with Gasteiger partial charge in [0.05, 0.1) is 0 Å². The molecule has 0 aromatic heterocycles. The molecule has 0 unspecified atom stereocenters. The first kappa shape index (κ1) is 12.5. The van der Waals surface area contributed by atoms with E-state index >= 15 is 0 Å². The summed E-state index contributed by atoms with van der Waals surface area (Å²) in [7, 11) is 0. The minimum atomic E-state index is -1.83. The average molecular weight is 196 g/mol. The standard InChI is InChI=1S/C10H14.CH2O3/c1-9(2)8-10-6-4-3-5-7-10;2-1(3)4/h3-7,9H,8H2,1-2H3;(H2,2,3,4). The summed E-state index contributed by atoms with van der Waals surface area (Å²) in [6, 6.07) is 10.6. The first-order valence-electron chi connectivity index (χ1n) is 4.48. The summed E-state index contributed by atoms with van der Waals surface area (Å²) >= 11 is 0. The zero-order valence-electron chi connectivity index (χ0n) is 8.47. The fraction of sp³-hybridized carbons (Fsp3) is 0.364. The molecule has 0 aliphatic rings. The highest BCUT2D eigenvalue weighted by molar-refractivity contribution is 5.53. The summed E-state index contributed by atoms with van der Waals surface area (Å²) < 4.78 is 0. The van der Waals surface area contributed by atoms with Crippen molar-refractivity contribution < 1.29 is 15.0 Å². The highest BCUT2D eigenvalue weighted by atomic mass is 16.6. The molecule has 1 rings (SSSR count). The van der Waals surface area contributed by atoms with Gasteiger partial charge in [0.1, 0.15) is 0 Å². The van der Waals surface area contributed by atoms with Crippen LogP contribution in [0.3, 0.4) is 0 Å². The quantitative estimate of drug-likeness (QED) is 0.764. The van der Waals surface area contributed by atoms with E-state index in [9.17, 15) is 0 Å². The van der Waals surface area contributed by atoms with Gasteiger partial charge in [0.15, 0.2) is 0 Å². The van der Waals surface area contributed by atoms with E-state index in [-0.39, 0.29) is 0 Å². The average Bonchev–Trinajstić information content (AvgIpc) is 2.03. The van der Waals surface area contributed by atoms with Crippen molar-refractivity contribution in [1.82, 2.24) is 0 Å². The SMILES string of the molecule is CC(C)Cc1ccccc1.O=C(O)O. The second-order valence-corrected chi connectivity index (χ2v) is 3.37. The Labute approximate surface area is 84.0 Å². The second kappa shape index (κ2) is 6.95. The lowest BCUT2D eigenvalue weighted by atomic mass is 10.0. The van der Waals surface area contributed by atoms with Crippen LogP contribution in [0.25, 0.3) is 0 Å². The van der Waals surface area contributed by atoms with Gasteiger partial charge in [-0.25, -0.2) is 4.79 Å². The topological polar surface area (TPSA) is 57.5 Å². The number of rotatable bonds is 2. The van der Waals surface area contributed by atoms with Gasteiger partial charge in [0, 0.05) is 0 Å². The molecule has 14 heavy (non-hydrogen) atoms. The molecule has 0 spiro atoms. The van der Waals surface area contributed by atoms with Crippen LogP contribution in [0.4, 0.5) is 4.79 Å². The largest absolute Gasteiger partial charge is 0.503 e. The summed E-state index contributed by atoms with van der Waals surface area (Å²) in [6.45, 7) is 4.49. The fourth-order valence-electron chi connectivity index (χ4n) is 1.09. The summed E-state index contributed by atoms with van der Waals surface area (Å²) in [5.74, 6) is 0.766. The van der Waals surface area contributed by atoms with Crippen LogP contribution in [0.5, 0.6) is 0 Å². The first-order valence-corrected chi connectivity index (χ1v) is 4.48. The van der Waals surface area contributed by atoms with Gasteiger partial charge < -0.3 is 10.2 Å². The molecule has 78 valence electrons. The van der Waals surface area contributed by atoms with E-state index in [1.165, 1.54) is 12.0 Å². The van der Waals surface area contributed by atoms with Crippen molar-refractivity contribution in [2.45, 2.75) is 20.3 Å². The van der Waals surface area contributed by atoms with E-state index < -0.39 is 6.16 Å². The monoisotopic (exact) mass is 196 g/mol. The minimum absolute atomic E-state index is 0.766. The van der Waals surface area contributed by atoms with Crippen LogP contribution < -0.4 is 0 Å². The number of carbonyl (C=O) groups is 1. The Hall–Kier alpha value is -1.51. The van der Waals surface area contributed by atoms with Crippen molar-refractivity contribution >= 4 is 6.16 Å². The zero-order chi connectivity index (χ0) is 11.0. The van der Waals surface area contributed by atoms with Gasteiger partial charge in [-0.05, 0) is 17.9 Å². The molecule has 0 aliphatic heterocycles. The van der Waals surface area contributed by atoms with E-state index in [0.717, 1.165) is 5.92 Å². The van der Waals surface area contributed by atoms with Gasteiger partial charge in [-0.1, -0.05) is 44.2 Å². The Balaban J connectivity index is 0.000000364. The Morgan fingerprint density at radius 2 is 1.64 bits per heavy atom. The van der Waals surface area contributed by atoms with Crippen LogP contribution in [0, 0.1) is 5.92 Å². The van der Waals surface area contributed by atoms with Gasteiger partial charge >= 0.3 is 6.16 Å². The molecule has 1 aromatic rings. The third kappa shape index (κ3) is 8.59. The van der Waals surface area contributed by atoms with Gasteiger partial charge in [-0.2, -0.15) is 0 Å². The molecule has 0 saturated heterocycles. The highest BCUT2D eigenvalue weighted by Gasteiger charge is 1.94. The lowest BCUT2D eigenvalue weighted by molar-refractivity contribution is 0.137. The van der Waals surface area contributed by atoms with E-state index in [1.54, 1.807) is 0 Å². The highest BCUT2D eigenvalue weighted by Crippen LogP contribution is 2.05. The van der Waals surface area contributed by atoms with Crippen molar-refractivity contribution in [1.29, 1.82) is 0 Å². The summed E-state index contributed by atoms with van der Waals surface area (Å²) in [4.78, 5) is 8.56. The van der Waals surface area contributed by atoms with Crippen molar-refractivity contribution in [2.75, 3.05) is 0 Å². The molecule has 3 heteroatoms. The molecule has 1 aromatic carbocycles. The molecule has 0 radical (unpaired) electrons. The summed E-state index contributed by atoms with van der Waals surface area (Å²) in [6.07, 6.45) is -0.638. The molecule has 0 atom stereocenters. The van der Waals surface area contributed by atoms with Gasteiger partial charge in [0.2, 0.25) is 0 Å². The Kier molecular flexibility index (Phi) is 6.20. The lowest BCUT2D eigenvalue weighted by Crippen LogP contribution is -1.92. The number of hydrogen-bond acceptors (Lipinski definition) is 1. The maximum Gasteiger partial charge on any atom is 0.503 e. The molecule has 0 saturated carbocycles. The maximum atomic E-state index is 8.56. The summed E-state index contributed by atoms with van der Waals surface area (Å²) in [5.41, 5.74) is 1.44. The van der Waals surface area contributed by atoms with Gasteiger partial charge in [0.25, 0.3) is 0 Å². The van der Waals surface area contributed by atoms with E-state index in [2.05, 4.69) is 44.2 Å². The molecule has 0 amide bonds.